The zero-order valence-electron chi connectivity index (χ0n) is 13.3. The maximum atomic E-state index is 12.1. The van der Waals surface area contributed by atoms with Gasteiger partial charge in [-0.1, -0.05) is 6.92 Å². The predicted octanol–water partition coefficient (Wildman–Crippen LogP) is 0.686. The third kappa shape index (κ3) is 3.58. The van der Waals surface area contributed by atoms with Crippen LogP contribution in [-0.2, 0) is 11.2 Å². The van der Waals surface area contributed by atoms with Crippen molar-refractivity contribution in [1.29, 1.82) is 0 Å². The molecule has 0 bridgehead atoms. The van der Waals surface area contributed by atoms with Gasteiger partial charge in [0.2, 0.25) is 5.71 Å². The van der Waals surface area contributed by atoms with Crippen LogP contribution in [0.1, 0.15) is 26.3 Å². The van der Waals surface area contributed by atoms with Crippen LogP contribution < -0.4 is 15.9 Å². The number of H-pyrrole nitrogens is 1. The van der Waals surface area contributed by atoms with Crippen LogP contribution in [0.3, 0.4) is 0 Å². The lowest BCUT2D eigenvalue weighted by Gasteiger charge is -2.18. The third-order valence-corrected chi connectivity index (χ3v) is 3.50. The summed E-state index contributed by atoms with van der Waals surface area (Å²) in [6, 6.07) is 1.11. The highest BCUT2D eigenvalue weighted by molar-refractivity contribution is 5.78. The summed E-state index contributed by atoms with van der Waals surface area (Å²) in [5.74, 6) is -0.221. The topological polar surface area (TPSA) is 106 Å². The number of amides is 1. The van der Waals surface area contributed by atoms with Gasteiger partial charge in [-0.15, -0.1) is 0 Å². The number of aromatic amines is 1. The van der Waals surface area contributed by atoms with Gasteiger partial charge >= 0.3 is 5.63 Å². The normalized spacial score (nSPS) is 10.7. The third-order valence-electron chi connectivity index (χ3n) is 3.50. The van der Waals surface area contributed by atoms with Crippen LogP contribution in [0.2, 0.25) is 0 Å². The Morgan fingerprint density at radius 1 is 1.30 bits per heavy atom. The maximum Gasteiger partial charge on any atom is 0.337 e. The molecule has 0 unspecified atom stereocenters. The Hall–Kier alpha value is -2.64. The minimum absolute atomic E-state index is 0.0941. The van der Waals surface area contributed by atoms with E-state index in [1.54, 1.807) is 4.90 Å². The van der Waals surface area contributed by atoms with Crippen LogP contribution in [-0.4, -0.2) is 40.5 Å². The molecule has 2 aromatic heterocycles. The first-order valence-electron chi connectivity index (χ1n) is 7.47. The lowest BCUT2D eigenvalue weighted by molar-refractivity contribution is -0.133. The standard InChI is InChI=1S/C15H19N3O5/c1-4-9-7-11(20)23-14-12(9)13(21)16-15(17-14)22-8-10(19)18(5-2)6-3/h7H,4-6,8H2,1-3H3,(H,16,17,21). The van der Waals surface area contributed by atoms with Gasteiger partial charge in [0, 0.05) is 19.2 Å². The molecule has 0 saturated carbocycles. The van der Waals surface area contributed by atoms with Gasteiger partial charge in [0.15, 0.2) is 6.61 Å². The first-order chi connectivity index (χ1) is 11.0. The van der Waals surface area contributed by atoms with E-state index in [-0.39, 0.29) is 29.6 Å². The molecule has 1 amide bonds. The van der Waals surface area contributed by atoms with E-state index < -0.39 is 11.2 Å². The molecule has 0 spiro atoms. The second-order valence-electron chi connectivity index (χ2n) is 4.85. The molecule has 8 nitrogen and oxygen atoms in total. The highest BCUT2D eigenvalue weighted by Gasteiger charge is 2.14. The van der Waals surface area contributed by atoms with E-state index in [0.717, 1.165) is 0 Å². The molecule has 0 radical (unpaired) electrons. The Morgan fingerprint density at radius 2 is 2.00 bits per heavy atom. The number of hydrogen-bond acceptors (Lipinski definition) is 6. The number of carbonyl (C=O) groups is 1. The lowest BCUT2D eigenvalue weighted by atomic mass is 10.1. The number of fused-ring (bicyclic) bond motifs is 1. The van der Waals surface area contributed by atoms with Crippen molar-refractivity contribution in [3.8, 4) is 6.01 Å². The number of rotatable bonds is 6. The summed E-state index contributed by atoms with van der Waals surface area (Å²) >= 11 is 0. The minimum atomic E-state index is -0.586. The number of nitrogens with zero attached hydrogens (tertiary/aromatic N) is 2. The smallest absolute Gasteiger partial charge is 0.337 e. The molecule has 23 heavy (non-hydrogen) atoms. The Morgan fingerprint density at radius 3 is 2.61 bits per heavy atom. The zero-order chi connectivity index (χ0) is 17.0. The van der Waals surface area contributed by atoms with Crippen molar-refractivity contribution in [1.82, 2.24) is 14.9 Å². The minimum Gasteiger partial charge on any atom is -0.455 e. The summed E-state index contributed by atoms with van der Waals surface area (Å²) in [5.41, 5.74) is -0.599. The Bertz CT molecular complexity index is 820. The quantitative estimate of drug-likeness (QED) is 0.839. The predicted molar refractivity (Wildman–Crippen MR) is 83.7 cm³/mol. The molecule has 0 aliphatic heterocycles. The summed E-state index contributed by atoms with van der Waals surface area (Å²) in [6.07, 6.45) is 0.494. The van der Waals surface area contributed by atoms with Crippen LogP contribution in [0, 0.1) is 0 Å². The number of hydrogen-bond donors (Lipinski definition) is 1. The molecular formula is C15H19N3O5. The van der Waals surface area contributed by atoms with Gasteiger partial charge in [0.05, 0.1) is 0 Å². The SMILES string of the molecule is CCc1cc(=O)oc2nc(OCC(=O)N(CC)CC)[nH]c(=O)c12. The fourth-order valence-electron chi connectivity index (χ4n) is 2.27. The highest BCUT2D eigenvalue weighted by Crippen LogP contribution is 2.13. The van der Waals surface area contributed by atoms with Gasteiger partial charge in [-0.05, 0) is 25.8 Å². The van der Waals surface area contributed by atoms with Gasteiger partial charge in [0.25, 0.3) is 17.5 Å². The van der Waals surface area contributed by atoms with Crippen molar-refractivity contribution >= 4 is 17.0 Å². The van der Waals surface area contributed by atoms with E-state index in [1.165, 1.54) is 6.07 Å². The number of aryl methyl sites for hydroxylation is 1. The monoisotopic (exact) mass is 321 g/mol. The molecule has 2 rings (SSSR count). The van der Waals surface area contributed by atoms with E-state index in [2.05, 4.69) is 9.97 Å². The van der Waals surface area contributed by atoms with Crippen molar-refractivity contribution in [3.05, 3.63) is 32.4 Å². The number of ether oxygens (including phenoxy) is 1. The Balaban J connectivity index is 2.32. The molecule has 2 heterocycles. The van der Waals surface area contributed by atoms with E-state index in [1.807, 2.05) is 20.8 Å². The number of aromatic nitrogens is 2. The molecule has 8 heteroatoms. The van der Waals surface area contributed by atoms with Crippen molar-refractivity contribution in [2.45, 2.75) is 27.2 Å². The fraction of sp³-hybridized carbons (Fsp3) is 0.467. The number of nitrogens with one attached hydrogen (secondary N) is 1. The molecule has 2 aromatic rings. The van der Waals surface area contributed by atoms with Crippen LogP contribution in [0.5, 0.6) is 6.01 Å². The molecule has 0 aliphatic carbocycles. The van der Waals surface area contributed by atoms with Crippen molar-refractivity contribution in [3.63, 3.8) is 0 Å². The molecule has 0 aliphatic rings. The summed E-state index contributed by atoms with van der Waals surface area (Å²) in [4.78, 5) is 43.6. The van der Waals surface area contributed by atoms with Crippen LogP contribution in [0.15, 0.2) is 20.1 Å². The van der Waals surface area contributed by atoms with Gasteiger partial charge in [-0.25, -0.2) is 4.79 Å². The van der Waals surface area contributed by atoms with E-state index >= 15 is 0 Å². The van der Waals surface area contributed by atoms with Crippen LogP contribution >= 0.6 is 0 Å². The Labute approximate surface area is 132 Å². The van der Waals surface area contributed by atoms with Gasteiger partial charge < -0.3 is 14.1 Å². The van der Waals surface area contributed by atoms with E-state index in [9.17, 15) is 14.4 Å². The number of carbonyl (C=O) groups excluding carboxylic acids is 1. The van der Waals surface area contributed by atoms with Gasteiger partial charge in [-0.3, -0.25) is 14.6 Å². The van der Waals surface area contributed by atoms with Crippen molar-refractivity contribution < 1.29 is 13.9 Å². The maximum absolute atomic E-state index is 12.1. The molecule has 0 aromatic carbocycles. The van der Waals surface area contributed by atoms with Crippen LogP contribution in [0.4, 0.5) is 0 Å². The molecular weight excluding hydrogens is 302 g/mol. The van der Waals surface area contributed by atoms with Gasteiger partial charge in [-0.2, -0.15) is 4.98 Å². The lowest BCUT2D eigenvalue weighted by Crippen LogP contribution is -2.34. The molecule has 0 fully saturated rings. The zero-order valence-corrected chi connectivity index (χ0v) is 13.3. The molecule has 0 saturated heterocycles. The number of likely N-dealkylation sites (N-methyl/N-ethyl adjacent to an activating group) is 1. The molecule has 0 atom stereocenters. The first-order valence-corrected chi connectivity index (χ1v) is 7.47. The first kappa shape index (κ1) is 16.7. The summed E-state index contributed by atoms with van der Waals surface area (Å²) < 4.78 is 10.2. The van der Waals surface area contributed by atoms with Crippen molar-refractivity contribution in [2.75, 3.05) is 19.7 Å². The largest absolute Gasteiger partial charge is 0.455 e. The Kier molecular flexibility index (Phi) is 5.15. The highest BCUT2D eigenvalue weighted by atomic mass is 16.5. The van der Waals surface area contributed by atoms with E-state index in [4.69, 9.17) is 9.15 Å². The van der Waals surface area contributed by atoms with Gasteiger partial charge in [0.1, 0.15) is 5.39 Å². The molecule has 124 valence electrons. The molecule has 1 N–H and O–H groups in total. The van der Waals surface area contributed by atoms with Crippen molar-refractivity contribution in [2.24, 2.45) is 0 Å². The second kappa shape index (κ2) is 7.08. The average Bonchev–Trinajstić information content (AvgIpc) is 2.52. The van der Waals surface area contributed by atoms with E-state index in [0.29, 0.717) is 25.1 Å². The van der Waals surface area contributed by atoms with Crippen LogP contribution in [0.25, 0.3) is 11.1 Å². The summed E-state index contributed by atoms with van der Waals surface area (Å²) in [5, 5.41) is 0.217. The second-order valence-corrected chi connectivity index (χ2v) is 4.85. The summed E-state index contributed by atoms with van der Waals surface area (Å²) in [7, 11) is 0. The average molecular weight is 321 g/mol. The fourth-order valence-corrected chi connectivity index (χ4v) is 2.27. The summed E-state index contributed by atoms with van der Waals surface area (Å²) in [6.45, 7) is 6.41.